The third-order valence-corrected chi connectivity index (χ3v) is 4.39. The molecule has 1 aromatic rings. The summed E-state index contributed by atoms with van der Waals surface area (Å²) in [5.74, 6) is 0.631. The van der Waals surface area contributed by atoms with Gasteiger partial charge in [0.25, 0.3) is 0 Å². The summed E-state index contributed by atoms with van der Waals surface area (Å²) in [6.45, 7) is 4.43. The largest absolute Gasteiger partial charge is 0.324 e. The average molecular weight is 293 g/mol. The first-order valence-electron chi connectivity index (χ1n) is 7.93. The minimum absolute atomic E-state index is 0.185. The summed E-state index contributed by atoms with van der Waals surface area (Å²) in [7, 11) is 4.28. The summed E-state index contributed by atoms with van der Waals surface area (Å²) < 4.78 is 13.7. The summed E-state index contributed by atoms with van der Waals surface area (Å²) in [5, 5.41) is 0. The maximum absolute atomic E-state index is 13.7. The lowest BCUT2D eigenvalue weighted by atomic mass is 9.96. The molecule has 2 N–H and O–H groups in total. The lowest BCUT2D eigenvalue weighted by Crippen LogP contribution is -2.38. The zero-order chi connectivity index (χ0) is 15.2. The van der Waals surface area contributed by atoms with Crippen molar-refractivity contribution in [1.29, 1.82) is 0 Å². The van der Waals surface area contributed by atoms with E-state index in [0.29, 0.717) is 5.56 Å². The quantitative estimate of drug-likeness (QED) is 0.874. The van der Waals surface area contributed by atoms with Gasteiger partial charge in [-0.05, 0) is 65.0 Å². The van der Waals surface area contributed by atoms with Crippen LogP contribution in [-0.2, 0) is 0 Å². The Bertz CT molecular complexity index is 428. The Morgan fingerprint density at radius 2 is 1.95 bits per heavy atom. The molecular weight excluding hydrogens is 265 g/mol. The van der Waals surface area contributed by atoms with Gasteiger partial charge in [0.05, 0.1) is 0 Å². The Hall–Kier alpha value is -0.970. The number of hydrogen-bond acceptors (Lipinski definition) is 3. The van der Waals surface area contributed by atoms with Crippen LogP contribution in [0.2, 0.25) is 0 Å². The van der Waals surface area contributed by atoms with E-state index in [0.717, 1.165) is 32.0 Å². The molecule has 1 heterocycles. The van der Waals surface area contributed by atoms with E-state index < -0.39 is 0 Å². The standard InChI is InChI=1S/C17H28FN3/c1-20(2)13-14-7-10-21(11-8-14)12-9-17(19)15-5-3-4-6-16(15)18/h3-6,14,17H,7-13,19H2,1-2H3. The molecule has 1 aromatic carbocycles. The average Bonchev–Trinajstić information content (AvgIpc) is 2.46. The fourth-order valence-corrected chi connectivity index (χ4v) is 3.16. The summed E-state index contributed by atoms with van der Waals surface area (Å²) in [6, 6.07) is 6.64. The fourth-order valence-electron chi connectivity index (χ4n) is 3.16. The number of nitrogens with zero attached hydrogens (tertiary/aromatic N) is 2. The number of benzene rings is 1. The summed E-state index contributed by atoms with van der Waals surface area (Å²) in [4.78, 5) is 4.74. The molecule has 2 rings (SSSR count). The number of nitrogens with two attached hydrogens (primary N) is 1. The zero-order valence-electron chi connectivity index (χ0n) is 13.3. The molecule has 0 bridgehead atoms. The van der Waals surface area contributed by atoms with Gasteiger partial charge in [0.1, 0.15) is 5.82 Å². The van der Waals surface area contributed by atoms with Gasteiger partial charge in [0.15, 0.2) is 0 Å². The minimum Gasteiger partial charge on any atom is -0.324 e. The molecule has 1 aliphatic rings. The molecule has 21 heavy (non-hydrogen) atoms. The maximum atomic E-state index is 13.7. The number of piperidine rings is 1. The van der Waals surface area contributed by atoms with E-state index in [4.69, 9.17) is 5.73 Å². The van der Waals surface area contributed by atoms with Gasteiger partial charge in [-0.3, -0.25) is 0 Å². The number of rotatable bonds is 6. The molecule has 0 aliphatic carbocycles. The first-order valence-corrected chi connectivity index (χ1v) is 7.93. The normalized spacial score (nSPS) is 19.1. The zero-order valence-corrected chi connectivity index (χ0v) is 13.3. The molecule has 4 heteroatoms. The molecule has 0 amide bonds. The van der Waals surface area contributed by atoms with Crippen LogP contribution in [-0.4, -0.2) is 50.1 Å². The monoisotopic (exact) mass is 293 g/mol. The van der Waals surface area contributed by atoms with Gasteiger partial charge in [-0.25, -0.2) is 4.39 Å². The lowest BCUT2D eigenvalue weighted by Gasteiger charge is -2.33. The summed E-state index contributed by atoms with van der Waals surface area (Å²) in [6.07, 6.45) is 3.33. The lowest BCUT2D eigenvalue weighted by molar-refractivity contribution is 0.159. The van der Waals surface area contributed by atoms with Crippen LogP contribution >= 0.6 is 0 Å². The van der Waals surface area contributed by atoms with Crippen LogP contribution in [0, 0.1) is 11.7 Å². The van der Waals surface area contributed by atoms with Crippen molar-refractivity contribution in [1.82, 2.24) is 9.80 Å². The second-order valence-corrected chi connectivity index (χ2v) is 6.46. The smallest absolute Gasteiger partial charge is 0.127 e. The van der Waals surface area contributed by atoms with Gasteiger partial charge in [-0.2, -0.15) is 0 Å². The molecule has 0 radical (unpaired) electrons. The maximum Gasteiger partial charge on any atom is 0.127 e. The highest BCUT2D eigenvalue weighted by Gasteiger charge is 2.20. The van der Waals surface area contributed by atoms with Crippen LogP contribution in [0.1, 0.15) is 30.9 Å². The van der Waals surface area contributed by atoms with Crippen LogP contribution in [0.25, 0.3) is 0 Å². The van der Waals surface area contributed by atoms with Crippen molar-refractivity contribution in [2.24, 2.45) is 11.7 Å². The van der Waals surface area contributed by atoms with Crippen molar-refractivity contribution in [2.75, 3.05) is 40.3 Å². The third kappa shape index (κ3) is 5.06. The van der Waals surface area contributed by atoms with E-state index in [2.05, 4.69) is 23.9 Å². The summed E-state index contributed by atoms with van der Waals surface area (Å²) in [5.41, 5.74) is 6.77. The highest BCUT2D eigenvalue weighted by atomic mass is 19.1. The first-order chi connectivity index (χ1) is 10.1. The molecule has 1 aliphatic heterocycles. The molecular formula is C17H28FN3. The third-order valence-electron chi connectivity index (χ3n) is 4.39. The predicted molar refractivity (Wildman–Crippen MR) is 85.7 cm³/mol. The second-order valence-electron chi connectivity index (χ2n) is 6.46. The SMILES string of the molecule is CN(C)CC1CCN(CCC(N)c2ccccc2F)CC1. The molecule has 1 unspecified atom stereocenters. The van der Waals surface area contributed by atoms with E-state index in [1.807, 2.05) is 6.07 Å². The molecule has 0 spiro atoms. The van der Waals surface area contributed by atoms with Crippen molar-refractivity contribution in [3.63, 3.8) is 0 Å². The van der Waals surface area contributed by atoms with E-state index >= 15 is 0 Å². The van der Waals surface area contributed by atoms with Gasteiger partial charge in [0.2, 0.25) is 0 Å². The van der Waals surface area contributed by atoms with Crippen LogP contribution in [0.15, 0.2) is 24.3 Å². The van der Waals surface area contributed by atoms with Crippen LogP contribution in [0.3, 0.4) is 0 Å². The molecule has 0 aromatic heterocycles. The van der Waals surface area contributed by atoms with Gasteiger partial charge < -0.3 is 15.5 Å². The number of hydrogen-bond donors (Lipinski definition) is 1. The number of halogens is 1. The van der Waals surface area contributed by atoms with Crippen LogP contribution < -0.4 is 5.73 Å². The Morgan fingerprint density at radius 1 is 1.29 bits per heavy atom. The predicted octanol–water partition coefficient (Wildman–Crippen LogP) is 2.49. The Morgan fingerprint density at radius 3 is 2.57 bits per heavy atom. The van der Waals surface area contributed by atoms with Gasteiger partial charge in [-0.1, -0.05) is 18.2 Å². The van der Waals surface area contributed by atoms with Crippen molar-refractivity contribution in [3.8, 4) is 0 Å². The van der Waals surface area contributed by atoms with Crippen molar-refractivity contribution in [2.45, 2.75) is 25.3 Å². The van der Waals surface area contributed by atoms with Crippen LogP contribution in [0.5, 0.6) is 0 Å². The molecule has 118 valence electrons. The fraction of sp³-hybridized carbons (Fsp3) is 0.647. The topological polar surface area (TPSA) is 32.5 Å². The summed E-state index contributed by atoms with van der Waals surface area (Å²) >= 11 is 0. The van der Waals surface area contributed by atoms with Crippen molar-refractivity contribution in [3.05, 3.63) is 35.6 Å². The minimum atomic E-state index is -0.203. The Balaban J connectivity index is 1.73. The van der Waals surface area contributed by atoms with Crippen molar-refractivity contribution < 1.29 is 4.39 Å². The van der Waals surface area contributed by atoms with E-state index in [-0.39, 0.29) is 11.9 Å². The molecule has 0 saturated carbocycles. The van der Waals surface area contributed by atoms with Gasteiger partial charge in [-0.15, -0.1) is 0 Å². The molecule has 1 fully saturated rings. The van der Waals surface area contributed by atoms with E-state index in [1.54, 1.807) is 12.1 Å². The molecule has 3 nitrogen and oxygen atoms in total. The first kappa shape index (κ1) is 16.4. The van der Waals surface area contributed by atoms with E-state index in [9.17, 15) is 4.39 Å². The second kappa shape index (κ2) is 7.87. The Kier molecular flexibility index (Phi) is 6.15. The highest BCUT2D eigenvalue weighted by Crippen LogP contribution is 2.21. The van der Waals surface area contributed by atoms with Gasteiger partial charge in [0, 0.05) is 18.2 Å². The Labute approximate surface area is 127 Å². The van der Waals surface area contributed by atoms with Gasteiger partial charge >= 0.3 is 0 Å². The molecule has 1 atom stereocenters. The van der Waals surface area contributed by atoms with E-state index in [1.165, 1.54) is 25.5 Å². The van der Waals surface area contributed by atoms with Crippen LogP contribution in [0.4, 0.5) is 4.39 Å². The van der Waals surface area contributed by atoms with Crippen molar-refractivity contribution >= 4 is 0 Å². The molecule has 1 saturated heterocycles. The highest BCUT2D eigenvalue weighted by molar-refractivity contribution is 5.20. The number of likely N-dealkylation sites (tertiary alicyclic amines) is 1.